The number of nitrogens with one attached hydrogen (secondary N) is 1. The van der Waals surface area contributed by atoms with Crippen LogP contribution in [0, 0.1) is 5.92 Å². The van der Waals surface area contributed by atoms with Crippen molar-refractivity contribution in [3.8, 4) is 0 Å². The zero-order valence-corrected chi connectivity index (χ0v) is 17.9. The van der Waals surface area contributed by atoms with Gasteiger partial charge in [0.2, 0.25) is 5.78 Å². The Balaban J connectivity index is 3.27. The molecule has 0 radical (unpaired) electrons. The van der Waals surface area contributed by atoms with Crippen LogP contribution in [0.1, 0.15) is 65.5 Å². The summed E-state index contributed by atoms with van der Waals surface area (Å²) in [6.07, 6.45) is -7.40. The molecule has 0 aliphatic carbocycles. The van der Waals surface area contributed by atoms with Crippen molar-refractivity contribution in [3.63, 3.8) is 0 Å². The molecule has 1 rings (SSSR count). The van der Waals surface area contributed by atoms with E-state index < -0.39 is 48.4 Å². The number of rotatable bonds is 7. The first kappa shape index (κ1) is 25.5. The molecule has 1 aromatic rings. The molecule has 168 valence electrons. The maximum Gasteiger partial charge on any atom is 0.426 e. The van der Waals surface area contributed by atoms with Crippen molar-refractivity contribution in [1.82, 2.24) is 10.4 Å². The minimum Gasteiger partial charge on any atom is -0.443 e. The van der Waals surface area contributed by atoms with E-state index >= 15 is 0 Å². The molecule has 0 aliphatic heterocycles. The Bertz CT molecular complexity index is 730. The molecule has 1 aromatic carbocycles. The van der Waals surface area contributed by atoms with Crippen molar-refractivity contribution in [2.45, 2.75) is 71.7 Å². The van der Waals surface area contributed by atoms with Crippen LogP contribution in [0.4, 0.5) is 18.0 Å². The van der Waals surface area contributed by atoms with Crippen LogP contribution in [-0.2, 0) is 14.3 Å². The van der Waals surface area contributed by atoms with Crippen molar-refractivity contribution in [2.75, 3.05) is 0 Å². The van der Waals surface area contributed by atoms with E-state index in [0.717, 1.165) is 5.01 Å². The van der Waals surface area contributed by atoms with E-state index in [9.17, 15) is 27.6 Å². The number of ketones is 1. The van der Waals surface area contributed by atoms with E-state index in [1.165, 1.54) is 0 Å². The predicted molar refractivity (Wildman–Crippen MR) is 105 cm³/mol. The van der Waals surface area contributed by atoms with Crippen LogP contribution in [0.25, 0.3) is 0 Å². The highest BCUT2D eigenvalue weighted by atomic mass is 19.4. The molecular formula is C21H29F3N2O4. The maximum absolute atomic E-state index is 12.8. The maximum atomic E-state index is 12.8. The summed E-state index contributed by atoms with van der Waals surface area (Å²) in [5.41, 5.74) is 2.03. The lowest BCUT2D eigenvalue weighted by atomic mass is 9.91. The Morgan fingerprint density at radius 3 is 2.13 bits per heavy atom. The molecule has 2 amide bonds. The fourth-order valence-electron chi connectivity index (χ4n) is 2.75. The number of Topliss-reactive ketones (excluding diaryl/α,β-unsaturated/α-hetero) is 1. The fraction of sp³-hybridized carbons (Fsp3) is 0.571. The van der Waals surface area contributed by atoms with Gasteiger partial charge in [-0.3, -0.25) is 9.59 Å². The summed E-state index contributed by atoms with van der Waals surface area (Å²) in [6.45, 7) is 8.54. The molecule has 1 unspecified atom stereocenters. The minimum absolute atomic E-state index is 0.221. The highest BCUT2D eigenvalue weighted by molar-refractivity contribution is 6.36. The minimum atomic E-state index is -4.57. The standard InChI is InChI=1S/C21H29F3N2O4/c1-6-14(2)17(15-10-8-7-9-11-15)26(25-19(29)30-20(3,4)5)18(28)16(27)12-13-21(22,23)24/h7-11,14,17H,6,12-13H2,1-5H3,(H,25,29)/t14?,17-/m0/s1. The number of benzene rings is 1. The number of amides is 2. The Kier molecular flexibility index (Phi) is 8.87. The van der Waals surface area contributed by atoms with Crippen molar-refractivity contribution >= 4 is 17.8 Å². The Hall–Kier alpha value is -2.58. The summed E-state index contributed by atoms with van der Waals surface area (Å²) < 4.78 is 42.7. The monoisotopic (exact) mass is 430 g/mol. The van der Waals surface area contributed by atoms with E-state index in [1.54, 1.807) is 51.1 Å². The molecule has 6 nitrogen and oxygen atoms in total. The molecule has 30 heavy (non-hydrogen) atoms. The van der Waals surface area contributed by atoms with Crippen molar-refractivity contribution in [3.05, 3.63) is 35.9 Å². The topological polar surface area (TPSA) is 75.7 Å². The van der Waals surface area contributed by atoms with Crippen LogP contribution >= 0.6 is 0 Å². The van der Waals surface area contributed by atoms with Gasteiger partial charge in [-0.15, -0.1) is 0 Å². The second-order valence-corrected chi connectivity index (χ2v) is 8.07. The van der Waals surface area contributed by atoms with Crippen LogP contribution in [0.5, 0.6) is 0 Å². The van der Waals surface area contributed by atoms with E-state index in [4.69, 9.17) is 4.74 Å². The predicted octanol–water partition coefficient (Wildman–Crippen LogP) is 4.95. The first-order valence-corrected chi connectivity index (χ1v) is 9.73. The number of ether oxygens (including phenoxy) is 1. The fourth-order valence-corrected chi connectivity index (χ4v) is 2.75. The molecule has 0 aromatic heterocycles. The second kappa shape index (κ2) is 10.4. The Morgan fingerprint density at radius 1 is 1.10 bits per heavy atom. The lowest BCUT2D eigenvalue weighted by molar-refractivity contribution is -0.155. The highest BCUT2D eigenvalue weighted by Crippen LogP contribution is 2.30. The number of carbonyl (C=O) groups is 3. The molecule has 0 bridgehead atoms. The van der Waals surface area contributed by atoms with Crippen molar-refractivity contribution in [2.24, 2.45) is 5.92 Å². The van der Waals surface area contributed by atoms with Gasteiger partial charge in [0.1, 0.15) is 5.60 Å². The van der Waals surface area contributed by atoms with Gasteiger partial charge in [-0.05, 0) is 32.3 Å². The number of carbonyl (C=O) groups excluding carboxylic acids is 3. The van der Waals surface area contributed by atoms with Gasteiger partial charge in [0.15, 0.2) is 0 Å². The number of alkyl halides is 3. The third-order valence-electron chi connectivity index (χ3n) is 4.31. The van der Waals surface area contributed by atoms with Gasteiger partial charge in [0, 0.05) is 6.42 Å². The van der Waals surface area contributed by atoms with Gasteiger partial charge in [0.05, 0.1) is 12.5 Å². The van der Waals surface area contributed by atoms with Crippen LogP contribution in [-0.4, -0.2) is 34.6 Å². The molecule has 1 N–H and O–H groups in total. The zero-order valence-electron chi connectivity index (χ0n) is 17.9. The van der Waals surface area contributed by atoms with Gasteiger partial charge in [0.25, 0.3) is 0 Å². The van der Waals surface area contributed by atoms with Crippen molar-refractivity contribution < 1.29 is 32.3 Å². The lowest BCUT2D eigenvalue weighted by Gasteiger charge is -2.35. The lowest BCUT2D eigenvalue weighted by Crippen LogP contribution is -2.53. The van der Waals surface area contributed by atoms with Crippen LogP contribution in [0.15, 0.2) is 30.3 Å². The summed E-state index contributed by atoms with van der Waals surface area (Å²) in [6, 6.07) is 7.88. The molecular weight excluding hydrogens is 401 g/mol. The van der Waals surface area contributed by atoms with Crippen LogP contribution in [0.2, 0.25) is 0 Å². The average Bonchev–Trinajstić information content (AvgIpc) is 2.63. The SMILES string of the molecule is CCC(C)[C@@H](c1ccccc1)N(NC(=O)OC(C)(C)C)C(=O)C(=O)CCC(F)(F)F. The van der Waals surface area contributed by atoms with Gasteiger partial charge < -0.3 is 4.74 Å². The summed E-state index contributed by atoms with van der Waals surface area (Å²) in [5, 5.41) is 0.802. The molecule has 0 saturated heterocycles. The summed E-state index contributed by atoms with van der Waals surface area (Å²) in [5.74, 6) is -2.69. The zero-order chi connectivity index (χ0) is 23.1. The third kappa shape index (κ3) is 8.42. The number of nitrogens with zero attached hydrogens (tertiary/aromatic N) is 1. The first-order chi connectivity index (χ1) is 13.7. The molecule has 0 heterocycles. The summed E-state index contributed by atoms with van der Waals surface area (Å²) >= 11 is 0. The number of hydrazine groups is 1. The van der Waals surface area contributed by atoms with E-state index in [0.29, 0.717) is 12.0 Å². The molecule has 0 spiro atoms. The van der Waals surface area contributed by atoms with Crippen LogP contribution < -0.4 is 5.43 Å². The van der Waals surface area contributed by atoms with Crippen molar-refractivity contribution in [1.29, 1.82) is 0 Å². The average molecular weight is 430 g/mol. The molecule has 9 heteroatoms. The quantitative estimate of drug-likeness (QED) is 0.490. The Labute approximate surface area is 174 Å². The van der Waals surface area contributed by atoms with Gasteiger partial charge >= 0.3 is 18.2 Å². The molecule has 0 fully saturated rings. The first-order valence-electron chi connectivity index (χ1n) is 9.73. The highest BCUT2D eigenvalue weighted by Gasteiger charge is 2.37. The number of halogens is 3. The summed E-state index contributed by atoms with van der Waals surface area (Å²) in [7, 11) is 0. The normalized spacial score (nSPS) is 13.9. The number of hydrogen-bond donors (Lipinski definition) is 1. The summed E-state index contributed by atoms with van der Waals surface area (Å²) in [4.78, 5) is 37.4. The second-order valence-electron chi connectivity index (χ2n) is 8.07. The number of hydrogen-bond acceptors (Lipinski definition) is 4. The van der Waals surface area contributed by atoms with Gasteiger partial charge in [-0.1, -0.05) is 50.6 Å². The van der Waals surface area contributed by atoms with Gasteiger partial charge in [-0.25, -0.2) is 15.2 Å². The Morgan fingerprint density at radius 2 is 1.67 bits per heavy atom. The van der Waals surface area contributed by atoms with E-state index in [2.05, 4.69) is 5.43 Å². The molecule has 0 saturated carbocycles. The third-order valence-corrected chi connectivity index (χ3v) is 4.31. The van der Waals surface area contributed by atoms with Gasteiger partial charge in [-0.2, -0.15) is 13.2 Å². The van der Waals surface area contributed by atoms with E-state index in [1.807, 2.05) is 13.8 Å². The molecule has 0 aliphatic rings. The van der Waals surface area contributed by atoms with E-state index in [-0.39, 0.29) is 5.92 Å². The van der Waals surface area contributed by atoms with Crippen LogP contribution in [0.3, 0.4) is 0 Å². The smallest absolute Gasteiger partial charge is 0.426 e. The largest absolute Gasteiger partial charge is 0.443 e. The molecule has 2 atom stereocenters.